The van der Waals surface area contributed by atoms with E-state index in [0.29, 0.717) is 11.3 Å². The van der Waals surface area contributed by atoms with Crippen LogP contribution < -0.4 is 10.6 Å². The molecule has 3 aromatic rings. The fourth-order valence-electron chi connectivity index (χ4n) is 2.49. The Labute approximate surface area is 163 Å². The Balaban J connectivity index is 1.80. The van der Waals surface area contributed by atoms with Gasteiger partial charge in [-0.15, -0.1) is 11.3 Å². The average Bonchev–Trinajstić information content (AvgIpc) is 3.16. The summed E-state index contributed by atoms with van der Waals surface area (Å²) in [5.41, 5.74) is 2.33. The van der Waals surface area contributed by atoms with Gasteiger partial charge in [-0.1, -0.05) is 51.1 Å². The molecule has 0 aliphatic carbocycles. The molecule has 0 radical (unpaired) electrons. The van der Waals surface area contributed by atoms with Crippen molar-refractivity contribution in [3.63, 3.8) is 0 Å². The SMILES string of the molecule is CC(C)(C)C(=O)Nc1cccc(C(=O)Nc2ccccc2-c2cccs2)c1. The number of amides is 2. The van der Waals surface area contributed by atoms with Crippen LogP contribution in [0.25, 0.3) is 10.4 Å². The number of para-hydroxylation sites is 1. The van der Waals surface area contributed by atoms with Gasteiger partial charge in [0.25, 0.3) is 5.91 Å². The van der Waals surface area contributed by atoms with Crippen molar-refractivity contribution in [2.45, 2.75) is 20.8 Å². The quantitative estimate of drug-likeness (QED) is 0.616. The second kappa shape index (κ2) is 7.76. The fourth-order valence-corrected chi connectivity index (χ4v) is 3.26. The minimum Gasteiger partial charge on any atom is -0.326 e. The normalized spacial score (nSPS) is 11.1. The minimum atomic E-state index is -0.502. The van der Waals surface area contributed by atoms with E-state index in [9.17, 15) is 9.59 Å². The molecule has 3 rings (SSSR count). The minimum absolute atomic E-state index is 0.0944. The number of rotatable bonds is 4. The molecule has 0 spiro atoms. The van der Waals surface area contributed by atoms with Crippen molar-refractivity contribution < 1.29 is 9.59 Å². The van der Waals surface area contributed by atoms with E-state index in [0.717, 1.165) is 16.1 Å². The van der Waals surface area contributed by atoms with Crippen LogP contribution in [0.15, 0.2) is 66.0 Å². The average molecular weight is 378 g/mol. The third-order valence-electron chi connectivity index (χ3n) is 4.03. The lowest BCUT2D eigenvalue weighted by Gasteiger charge is -2.18. The maximum Gasteiger partial charge on any atom is 0.255 e. The largest absolute Gasteiger partial charge is 0.326 e. The molecule has 138 valence electrons. The number of nitrogens with one attached hydrogen (secondary N) is 2. The first-order chi connectivity index (χ1) is 12.8. The summed E-state index contributed by atoms with van der Waals surface area (Å²) in [4.78, 5) is 26.0. The van der Waals surface area contributed by atoms with Gasteiger partial charge in [-0.25, -0.2) is 0 Å². The van der Waals surface area contributed by atoms with E-state index in [1.54, 1.807) is 35.6 Å². The Kier molecular flexibility index (Phi) is 5.42. The van der Waals surface area contributed by atoms with Crippen molar-refractivity contribution in [2.75, 3.05) is 10.6 Å². The van der Waals surface area contributed by atoms with Crippen LogP contribution in [0, 0.1) is 5.41 Å². The van der Waals surface area contributed by atoms with Crippen LogP contribution in [0.2, 0.25) is 0 Å². The predicted molar refractivity (Wildman–Crippen MR) is 112 cm³/mol. The molecule has 0 bridgehead atoms. The zero-order valence-electron chi connectivity index (χ0n) is 15.6. The van der Waals surface area contributed by atoms with Crippen LogP contribution in [-0.2, 0) is 4.79 Å². The van der Waals surface area contributed by atoms with E-state index in [-0.39, 0.29) is 11.8 Å². The molecule has 0 aliphatic rings. The molecule has 2 amide bonds. The van der Waals surface area contributed by atoms with Gasteiger partial charge < -0.3 is 10.6 Å². The highest BCUT2D eigenvalue weighted by Gasteiger charge is 2.21. The summed E-state index contributed by atoms with van der Waals surface area (Å²) in [6, 6.07) is 18.7. The molecule has 4 nitrogen and oxygen atoms in total. The van der Waals surface area contributed by atoms with Crippen LogP contribution in [-0.4, -0.2) is 11.8 Å². The zero-order chi connectivity index (χ0) is 19.4. The first-order valence-corrected chi connectivity index (χ1v) is 9.58. The van der Waals surface area contributed by atoms with E-state index < -0.39 is 5.41 Å². The van der Waals surface area contributed by atoms with Gasteiger partial charge >= 0.3 is 0 Å². The topological polar surface area (TPSA) is 58.2 Å². The van der Waals surface area contributed by atoms with Crippen molar-refractivity contribution in [3.05, 3.63) is 71.6 Å². The van der Waals surface area contributed by atoms with Crippen LogP contribution in [0.3, 0.4) is 0 Å². The van der Waals surface area contributed by atoms with Crippen molar-refractivity contribution in [3.8, 4) is 10.4 Å². The summed E-state index contributed by atoms with van der Waals surface area (Å²) < 4.78 is 0. The van der Waals surface area contributed by atoms with Crippen molar-refractivity contribution in [1.29, 1.82) is 0 Å². The molecule has 2 N–H and O–H groups in total. The number of carbonyl (C=O) groups excluding carboxylic acids is 2. The van der Waals surface area contributed by atoms with E-state index in [1.165, 1.54) is 0 Å². The van der Waals surface area contributed by atoms with Gasteiger partial charge in [-0.3, -0.25) is 9.59 Å². The van der Waals surface area contributed by atoms with E-state index in [2.05, 4.69) is 10.6 Å². The Morgan fingerprint density at radius 3 is 2.37 bits per heavy atom. The predicted octanol–water partition coefficient (Wildman–Crippen LogP) is 5.65. The Morgan fingerprint density at radius 2 is 1.67 bits per heavy atom. The number of thiophene rings is 1. The van der Waals surface area contributed by atoms with Crippen LogP contribution in [0.5, 0.6) is 0 Å². The number of benzene rings is 2. The zero-order valence-corrected chi connectivity index (χ0v) is 16.4. The lowest BCUT2D eigenvalue weighted by atomic mass is 9.95. The molecule has 27 heavy (non-hydrogen) atoms. The van der Waals surface area contributed by atoms with Gasteiger partial charge in [0, 0.05) is 32.8 Å². The molecule has 0 atom stereocenters. The first-order valence-electron chi connectivity index (χ1n) is 8.70. The molecule has 0 aliphatic heterocycles. The van der Waals surface area contributed by atoms with Crippen LogP contribution in [0.1, 0.15) is 31.1 Å². The van der Waals surface area contributed by atoms with Gasteiger partial charge in [0.05, 0.1) is 0 Å². The monoisotopic (exact) mass is 378 g/mol. The van der Waals surface area contributed by atoms with Gasteiger partial charge in [0.15, 0.2) is 0 Å². The summed E-state index contributed by atoms with van der Waals surface area (Å²) in [6.07, 6.45) is 0. The molecular formula is C22H22N2O2S. The summed E-state index contributed by atoms with van der Waals surface area (Å²) in [7, 11) is 0. The number of hydrogen-bond acceptors (Lipinski definition) is 3. The highest BCUT2D eigenvalue weighted by molar-refractivity contribution is 7.13. The number of anilines is 2. The second-order valence-corrected chi connectivity index (χ2v) is 8.21. The van der Waals surface area contributed by atoms with Gasteiger partial charge in [-0.05, 0) is 35.7 Å². The fraction of sp³-hybridized carbons (Fsp3) is 0.182. The second-order valence-electron chi connectivity index (χ2n) is 7.26. The van der Waals surface area contributed by atoms with Crippen molar-refractivity contribution in [1.82, 2.24) is 0 Å². The lowest BCUT2D eigenvalue weighted by molar-refractivity contribution is -0.123. The Morgan fingerprint density at radius 1 is 0.889 bits per heavy atom. The molecular weight excluding hydrogens is 356 g/mol. The van der Waals surface area contributed by atoms with E-state index >= 15 is 0 Å². The summed E-state index contributed by atoms with van der Waals surface area (Å²) in [5, 5.41) is 7.85. The molecule has 1 heterocycles. The molecule has 0 saturated carbocycles. The maximum atomic E-state index is 12.8. The number of carbonyl (C=O) groups is 2. The standard InChI is InChI=1S/C22H22N2O2S/c1-22(2,3)21(26)23-16-9-6-8-15(14-16)20(25)24-18-11-5-4-10-17(18)19-12-7-13-27-19/h4-14H,1-3H3,(H,23,26)(H,24,25). The van der Waals surface area contributed by atoms with Crippen molar-refractivity contribution in [2.24, 2.45) is 5.41 Å². The number of hydrogen-bond donors (Lipinski definition) is 2. The molecule has 0 unspecified atom stereocenters. The third kappa shape index (κ3) is 4.63. The lowest BCUT2D eigenvalue weighted by Crippen LogP contribution is -2.27. The summed E-state index contributed by atoms with van der Waals surface area (Å²) in [5.74, 6) is -0.311. The molecule has 0 fully saturated rings. The molecule has 5 heteroatoms. The maximum absolute atomic E-state index is 12.8. The van der Waals surface area contributed by atoms with E-state index in [1.807, 2.05) is 62.5 Å². The molecule has 2 aromatic carbocycles. The Hall–Kier alpha value is -2.92. The van der Waals surface area contributed by atoms with Gasteiger partial charge in [0.2, 0.25) is 5.91 Å². The summed E-state index contributed by atoms with van der Waals surface area (Å²) in [6.45, 7) is 5.54. The van der Waals surface area contributed by atoms with Gasteiger partial charge in [0.1, 0.15) is 0 Å². The summed E-state index contributed by atoms with van der Waals surface area (Å²) >= 11 is 1.63. The highest BCUT2D eigenvalue weighted by Crippen LogP contribution is 2.31. The smallest absolute Gasteiger partial charge is 0.255 e. The molecule has 1 aromatic heterocycles. The Bertz CT molecular complexity index is 956. The van der Waals surface area contributed by atoms with Crippen LogP contribution in [0.4, 0.5) is 11.4 Å². The van der Waals surface area contributed by atoms with E-state index in [4.69, 9.17) is 0 Å². The van der Waals surface area contributed by atoms with Crippen molar-refractivity contribution >= 4 is 34.5 Å². The third-order valence-corrected chi connectivity index (χ3v) is 4.93. The first kappa shape index (κ1) is 18.9. The highest BCUT2D eigenvalue weighted by atomic mass is 32.1. The van der Waals surface area contributed by atoms with Crippen LogP contribution >= 0.6 is 11.3 Å². The molecule has 0 saturated heterocycles. The van der Waals surface area contributed by atoms with Gasteiger partial charge in [-0.2, -0.15) is 0 Å².